The Morgan fingerprint density at radius 3 is 2.69 bits per heavy atom. The Balaban J connectivity index is 1.46. The number of halogens is 3. The van der Waals surface area contributed by atoms with E-state index in [1.54, 1.807) is 24.7 Å². The number of fused-ring (bicyclic) bond motifs is 2. The molecule has 0 saturated heterocycles. The van der Waals surface area contributed by atoms with E-state index in [0.717, 1.165) is 16.3 Å². The van der Waals surface area contributed by atoms with Crippen molar-refractivity contribution in [3.05, 3.63) is 83.0 Å². The van der Waals surface area contributed by atoms with Gasteiger partial charge in [0.05, 0.1) is 33.5 Å². The molecule has 4 aromatic rings. The van der Waals surface area contributed by atoms with E-state index in [9.17, 15) is 14.0 Å². The van der Waals surface area contributed by atoms with Crippen molar-refractivity contribution in [3.8, 4) is 6.07 Å². The summed E-state index contributed by atoms with van der Waals surface area (Å²) in [7, 11) is 0. The van der Waals surface area contributed by atoms with Gasteiger partial charge in [0.15, 0.2) is 0 Å². The Bertz CT molecular complexity index is 1730. The number of aromatic nitrogens is 2. The van der Waals surface area contributed by atoms with Crippen molar-refractivity contribution in [1.82, 2.24) is 25.9 Å². The van der Waals surface area contributed by atoms with Gasteiger partial charge in [0.25, 0.3) is 6.43 Å². The van der Waals surface area contributed by atoms with Crippen molar-refractivity contribution in [2.75, 3.05) is 17.2 Å². The van der Waals surface area contributed by atoms with E-state index < -0.39 is 18.0 Å². The van der Waals surface area contributed by atoms with Crippen LogP contribution in [0.2, 0.25) is 5.02 Å². The van der Waals surface area contributed by atoms with Crippen LogP contribution in [0.15, 0.2) is 66.9 Å². The predicted molar refractivity (Wildman–Crippen MR) is 162 cm³/mol. The van der Waals surface area contributed by atoms with Crippen LogP contribution in [-0.2, 0) is 0 Å². The number of hydrogen-bond acceptors (Lipinski definition) is 8. The molecular formula is C31H31ClF2N8. The summed E-state index contributed by atoms with van der Waals surface area (Å²) in [5, 5.41) is 21.4. The number of hydrazine groups is 2. The molecule has 2 aromatic heterocycles. The fraction of sp³-hybridized carbons (Fsp3) is 0.323. The first-order valence-corrected chi connectivity index (χ1v) is 14.1. The van der Waals surface area contributed by atoms with Crippen LogP contribution < -0.4 is 21.6 Å². The van der Waals surface area contributed by atoms with Crippen LogP contribution in [0.3, 0.4) is 0 Å². The molecule has 0 radical (unpaired) electrons. The first-order chi connectivity index (χ1) is 20.1. The second-order valence-corrected chi connectivity index (χ2v) is 12.5. The second-order valence-electron chi connectivity index (χ2n) is 12.0. The summed E-state index contributed by atoms with van der Waals surface area (Å²) < 4.78 is 27.9. The molecule has 1 fully saturated rings. The van der Waals surface area contributed by atoms with Gasteiger partial charge in [0.2, 0.25) is 0 Å². The van der Waals surface area contributed by atoms with Crippen LogP contribution in [0.5, 0.6) is 0 Å². The van der Waals surface area contributed by atoms with Crippen LogP contribution in [0, 0.1) is 16.7 Å². The zero-order valence-electron chi connectivity index (χ0n) is 23.5. The number of benzene rings is 2. The maximum absolute atomic E-state index is 14.0. The highest BCUT2D eigenvalue weighted by molar-refractivity contribution is 6.35. The van der Waals surface area contributed by atoms with Gasteiger partial charge in [0, 0.05) is 47.8 Å². The van der Waals surface area contributed by atoms with Gasteiger partial charge in [-0.1, -0.05) is 50.6 Å². The highest BCUT2D eigenvalue weighted by Gasteiger charge is 2.56. The van der Waals surface area contributed by atoms with Crippen LogP contribution >= 0.6 is 11.6 Å². The Hall–Kier alpha value is -4.20. The van der Waals surface area contributed by atoms with Crippen molar-refractivity contribution in [2.24, 2.45) is 5.41 Å². The predicted octanol–water partition coefficient (Wildman–Crippen LogP) is 6.88. The molecule has 6 rings (SSSR count). The number of alkyl halides is 2. The maximum Gasteiger partial charge on any atom is 0.262 e. The molecule has 8 nitrogen and oxygen atoms in total. The molecule has 4 N–H and O–H groups in total. The molecule has 2 aromatic carbocycles. The Morgan fingerprint density at radius 2 is 1.98 bits per heavy atom. The second kappa shape index (κ2) is 10.6. The van der Waals surface area contributed by atoms with Crippen molar-refractivity contribution >= 4 is 44.7 Å². The minimum absolute atomic E-state index is 0.0348. The van der Waals surface area contributed by atoms with Crippen molar-refractivity contribution in [3.63, 3.8) is 0 Å². The van der Waals surface area contributed by atoms with E-state index in [1.807, 2.05) is 30.3 Å². The van der Waals surface area contributed by atoms with Crippen molar-refractivity contribution < 1.29 is 8.78 Å². The third kappa shape index (κ3) is 5.14. The van der Waals surface area contributed by atoms with Gasteiger partial charge in [-0.3, -0.25) is 15.0 Å². The molecule has 0 unspecified atom stereocenters. The number of nitriles is 1. The lowest BCUT2D eigenvalue weighted by Gasteiger charge is -2.25. The Morgan fingerprint density at radius 1 is 1.17 bits per heavy atom. The van der Waals surface area contributed by atoms with Gasteiger partial charge in [-0.25, -0.2) is 8.78 Å². The topological polar surface area (TPSA) is 101 Å². The normalized spacial score (nSPS) is 16.7. The molecule has 1 atom stereocenters. The van der Waals surface area contributed by atoms with Gasteiger partial charge >= 0.3 is 0 Å². The van der Waals surface area contributed by atoms with E-state index in [1.165, 1.54) is 11.2 Å². The first-order valence-electron chi connectivity index (χ1n) is 13.8. The lowest BCUT2D eigenvalue weighted by molar-refractivity contribution is 0.00911. The molecule has 11 heteroatoms. The summed E-state index contributed by atoms with van der Waals surface area (Å²) in [4.78, 5) is 8.73. The number of nitrogens with zero attached hydrogens (tertiary/aromatic N) is 4. The molecule has 2 aliphatic rings. The fourth-order valence-electron chi connectivity index (χ4n) is 5.27. The Kier molecular flexibility index (Phi) is 7.03. The highest BCUT2D eigenvalue weighted by Crippen LogP contribution is 2.47. The largest absolute Gasteiger partial charge is 0.383 e. The summed E-state index contributed by atoms with van der Waals surface area (Å²) in [5.41, 5.74) is 8.74. The quantitative estimate of drug-likeness (QED) is 0.177. The number of anilines is 2. The Labute approximate surface area is 247 Å². The lowest BCUT2D eigenvalue weighted by atomic mass is 9.96. The summed E-state index contributed by atoms with van der Waals surface area (Å²) in [6, 6.07) is 13.3. The zero-order chi connectivity index (χ0) is 29.6. The smallest absolute Gasteiger partial charge is 0.262 e. The van der Waals surface area contributed by atoms with Crippen LogP contribution in [0.1, 0.15) is 50.8 Å². The molecule has 3 heterocycles. The molecule has 0 spiro atoms. The molecular weight excluding hydrogens is 558 g/mol. The number of pyridine rings is 2. The number of nitrogens with one attached hydrogen (secondary N) is 4. The minimum atomic E-state index is -2.49. The SMILES string of the molecule is CC(C)(C)CNc1c(C#N)cnc2c(Cl)cc(N[C@H](C3=CN(C4(C(F)F)CC4)NN3)c3cccc4cnccc34)cc12. The monoisotopic (exact) mass is 588 g/mol. The molecule has 42 heavy (non-hydrogen) atoms. The third-order valence-corrected chi connectivity index (χ3v) is 8.01. The summed E-state index contributed by atoms with van der Waals surface area (Å²) in [5.74, 6) is 0. The van der Waals surface area contributed by atoms with Gasteiger partial charge in [-0.15, -0.1) is 5.53 Å². The van der Waals surface area contributed by atoms with E-state index >= 15 is 0 Å². The molecule has 216 valence electrons. The van der Waals surface area contributed by atoms with E-state index in [4.69, 9.17) is 11.6 Å². The van der Waals surface area contributed by atoms with Crippen LogP contribution in [0.25, 0.3) is 21.7 Å². The fourth-order valence-corrected chi connectivity index (χ4v) is 5.54. The molecule has 1 saturated carbocycles. The summed E-state index contributed by atoms with van der Waals surface area (Å²) in [6.07, 6.45) is 5.09. The highest BCUT2D eigenvalue weighted by atomic mass is 35.5. The molecule has 1 aliphatic carbocycles. The van der Waals surface area contributed by atoms with Crippen molar-refractivity contribution in [1.29, 1.82) is 5.26 Å². The third-order valence-electron chi connectivity index (χ3n) is 7.73. The number of rotatable bonds is 8. The van der Waals surface area contributed by atoms with Gasteiger partial charge in [0.1, 0.15) is 11.6 Å². The molecule has 0 bridgehead atoms. The van der Waals surface area contributed by atoms with Gasteiger partial charge in [-0.05, 0) is 47.4 Å². The summed E-state index contributed by atoms with van der Waals surface area (Å²) in [6.45, 7) is 6.96. The van der Waals surface area contributed by atoms with Gasteiger partial charge < -0.3 is 16.1 Å². The van der Waals surface area contributed by atoms with Gasteiger partial charge in [-0.2, -0.15) is 5.26 Å². The van der Waals surface area contributed by atoms with Crippen molar-refractivity contribution in [2.45, 2.75) is 51.6 Å². The maximum atomic E-state index is 14.0. The van der Waals surface area contributed by atoms with E-state index in [2.05, 4.69) is 58.4 Å². The van der Waals surface area contributed by atoms with Crippen LogP contribution in [0.4, 0.5) is 20.2 Å². The average molecular weight is 589 g/mol. The minimum Gasteiger partial charge on any atom is -0.383 e. The number of hydrogen-bond donors (Lipinski definition) is 4. The summed E-state index contributed by atoms with van der Waals surface area (Å²) >= 11 is 6.77. The zero-order valence-corrected chi connectivity index (χ0v) is 24.2. The lowest BCUT2D eigenvalue weighted by Crippen LogP contribution is -2.48. The van der Waals surface area contributed by atoms with Crippen LogP contribution in [-0.4, -0.2) is 33.5 Å². The average Bonchev–Trinajstić information content (AvgIpc) is 3.64. The molecule has 1 aliphatic heterocycles. The standard InChI is InChI=1S/C31H31ClF2N8/c1-30(2,3)17-38-26-19(13-35)15-37-27-23(26)11-20(12-24(27)32)39-28(22-6-4-5-18-14-36-10-7-21(18)22)25-16-42(41-40-25)31(8-9-31)29(33)34/h4-7,10-12,14-16,28-29,39-41H,8-9,17H2,1-3H3,(H,37,38)/t28-/m0/s1. The first kappa shape index (κ1) is 27.9. The van der Waals surface area contributed by atoms with E-state index in [-0.39, 0.29) is 5.41 Å². The van der Waals surface area contributed by atoms with E-state index in [0.29, 0.717) is 57.9 Å². The molecule has 0 amide bonds.